The smallest absolute Gasteiger partial charge is 0.392 e. The fourth-order valence-electron chi connectivity index (χ4n) is 1.94. The van der Waals surface area contributed by atoms with E-state index in [0.29, 0.717) is 17.1 Å². The molecule has 1 aromatic rings. The van der Waals surface area contributed by atoms with E-state index in [-0.39, 0.29) is 12.6 Å². The molecule has 1 aliphatic carbocycles. The van der Waals surface area contributed by atoms with Gasteiger partial charge in [-0.25, -0.2) is 4.98 Å². The zero-order chi connectivity index (χ0) is 13.3. The minimum absolute atomic E-state index is 0.0764. The van der Waals surface area contributed by atoms with E-state index in [0.717, 1.165) is 12.8 Å². The van der Waals surface area contributed by atoms with Crippen LogP contribution in [0.1, 0.15) is 24.1 Å². The standard InChI is InChI=1S/C12H15F3N2O/c1-8-4-9(6-18)5-11(16-8)17(10-2-3-10)7-12(13,14)15/h4-5,10,18H,2-3,6-7H2,1H3. The van der Waals surface area contributed by atoms with Crippen LogP contribution in [-0.4, -0.2) is 28.9 Å². The Morgan fingerprint density at radius 2 is 2.06 bits per heavy atom. The Morgan fingerprint density at radius 1 is 1.39 bits per heavy atom. The van der Waals surface area contributed by atoms with Gasteiger partial charge in [0.15, 0.2) is 0 Å². The van der Waals surface area contributed by atoms with Crippen molar-refractivity contribution in [3.63, 3.8) is 0 Å². The summed E-state index contributed by atoms with van der Waals surface area (Å²) in [5.41, 5.74) is 1.20. The maximum atomic E-state index is 12.5. The molecule has 1 heterocycles. The van der Waals surface area contributed by atoms with Crippen molar-refractivity contribution in [2.45, 2.75) is 38.6 Å². The molecule has 1 fully saturated rings. The number of aryl methyl sites for hydroxylation is 1. The van der Waals surface area contributed by atoms with Gasteiger partial charge in [0, 0.05) is 11.7 Å². The highest BCUT2D eigenvalue weighted by Gasteiger charge is 2.38. The number of aromatic nitrogens is 1. The molecule has 0 aliphatic heterocycles. The first-order valence-electron chi connectivity index (χ1n) is 5.81. The van der Waals surface area contributed by atoms with Crippen molar-refractivity contribution in [1.82, 2.24) is 4.98 Å². The summed E-state index contributed by atoms with van der Waals surface area (Å²) in [4.78, 5) is 5.43. The number of aliphatic hydroxyl groups is 1. The van der Waals surface area contributed by atoms with E-state index in [1.807, 2.05) is 0 Å². The molecule has 1 N–H and O–H groups in total. The highest BCUT2D eigenvalue weighted by molar-refractivity contribution is 5.45. The van der Waals surface area contributed by atoms with Crippen LogP contribution in [0.4, 0.5) is 19.0 Å². The molecule has 3 nitrogen and oxygen atoms in total. The second kappa shape index (κ2) is 4.76. The predicted octanol–water partition coefficient (Wildman–Crippen LogP) is 2.41. The van der Waals surface area contributed by atoms with Crippen molar-refractivity contribution in [2.75, 3.05) is 11.4 Å². The highest BCUT2D eigenvalue weighted by Crippen LogP contribution is 2.33. The number of halogens is 3. The summed E-state index contributed by atoms with van der Waals surface area (Å²) in [5, 5.41) is 9.09. The van der Waals surface area contributed by atoms with Crippen LogP contribution in [0.2, 0.25) is 0 Å². The molecule has 0 radical (unpaired) electrons. The summed E-state index contributed by atoms with van der Waals surface area (Å²) in [6, 6.07) is 3.12. The molecule has 100 valence electrons. The molecule has 0 spiro atoms. The molecule has 2 rings (SSSR count). The van der Waals surface area contributed by atoms with Crippen LogP contribution in [0.3, 0.4) is 0 Å². The molecule has 18 heavy (non-hydrogen) atoms. The molecule has 1 saturated carbocycles. The molecule has 6 heteroatoms. The minimum Gasteiger partial charge on any atom is -0.392 e. The number of aliphatic hydroxyl groups excluding tert-OH is 1. The van der Waals surface area contributed by atoms with Gasteiger partial charge in [-0.15, -0.1) is 0 Å². The molecule has 0 atom stereocenters. The average molecular weight is 260 g/mol. The van der Waals surface area contributed by atoms with Crippen LogP contribution in [0, 0.1) is 6.92 Å². The Kier molecular flexibility index (Phi) is 3.47. The van der Waals surface area contributed by atoms with Gasteiger partial charge >= 0.3 is 6.18 Å². The topological polar surface area (TPSA) is 36.4 Å². The molecule has 0 aromatic carbocycles. The Balaban J connectivity index is 2.27. The second-order valence-corrected chi connectivity index (χ2v) is 4.61. The van der Waals surface area contributed by atoms with E-state index in [1.54, 1.807) is 13.0 Å². The summed E-state index contributed by atoms with van der Waals surface area (Å²) < 4.78 is 37.6. The molecule has 0 saturated heterocycles. The number of alkyl halides is 3. The van der Waals surface area contributed by atoms with Crippen molar-refractivity contribution in [2.24, 2.45) is 0 Å². The quantitative estimate of drug-likeness (QED) is 0.903. The summed E-state index contributed by atoms with van der Waals surface area (Å²) in [7, 11) is 0. The van der Waals surface area contributed by atoms with Crippen LogP contribution < -0.4 is 4.90 Å². The molecule has 0 bridgehead atoms. The van der Waals surface area contributed by atoms with Crippen molar-refractivity contribution in [3.8, 4) is 0 Å². The van der Waals surface area contributed by atoms with Gasteiger partial charge in [0.2, 0.25) is 0 Å². The lowest BCUT2D eigenvalue weighted by Gasteiger charge is -2.25. The van der Waals surface area contributed by atoms with Crippen molar-refractivity contribution in [1.29, 1.82) is 0 Å². The normalized spacial score (nSPS) is 15.8. The summed E-state index contributed by atoms with van der Waals surface area (Å²) in [6.07, 6.45) is -2.71. The van der Waals surface area contributed by atoms with Crippen LogP contribution in [0.5, 0.6) is 0 Å². The lowest BCUT2D eigenvalue weighted by Crippen LogP contribution is -2.36. The van der Waals surface area contributed by atoms with E-state index < -0.39 is 12.7 Å². The molecular weight excluding hydrogens is 245 g/mol. The van der Waals surface area contributed by atoms with Crippen molar-refractivity contribution >= 4 is 5.82 Å². The number of rotatable bonds is 4. The largest absolute Gasteiger partial charge is 0.405 e. The molecule has 1 aromatic heterocycles. The van der Waals surface area contributed by atoms with Crippen LogP contribution in [0.25, 0.3) is 0 Å². The molecule has 0 unspecified atom stereocenters. The Morgan fingerprint density at radius 3 is 2.56 bits per heavy atom. The predicted molar refractivity (Wildman–Crippen MR) is 61.3 cm³/mol. The third kappa shape index (κ3) is 3.35. The van der Waals surface area contributed by atoms with Gasteiger partial charge in [-0.1, -0.05) is 0 Å². The first kappa shape index (κ1) is 13.1. The van der Waals surface area contributed by atoms with Gasteiger partial charge in [-0.3, -0.25) is 0 Å². The van der Waals surface area contributed by atoms with Gasteiger partial charge in [-0.05, 0) is 37.5 Å². The second-order valence-electron chi connectivity index (χ2n) is 4.61. The van der Waals surface area contributed by atoms with E-state index >= 15 is 0 Å². The maximum absolute atomic E-state index is 12.5. The fourth-order valence-corrected chi connectivity index (χ4v) is 1.94. The summed E-state index contributed by atoms with van der Waals surface area (Å²) >= 11 is 0. The summed E-state index contributed by atoms with van der Waals surface area (Å²) in [6.45, 7) is 0.529. The van der Waals surface area contributed by atoms with E-state index in [2.05, 4.69) is 4.98 Å². The van der Waals surface area contributed by atoms with Gasteiger partial charge in [-0.2, -0.15) is 13.2 Å². The van der Waals surface area contributed by atoms with Crippen LogP contribution in [0.15, 0.2) is 12.1 Å². The average Bonchev–Trinajstić information content (AvgIpc) is 3.07. The molecule has 1 aliphatic rings. The van der Waals surface area contributed by atoms with Crippen molar-refractivity contribution in [3.05, 3.63) is 23.4 Å². The SMILES string of the molecule is Cc1cc(CO)cc(N(CC(F)(F)F)C2CC2)n1. The Hall–Kier alpha value is -1.30. The molecular formula is C12H15F3N2O. The number of pyridine rings is 1. The lowest BCUT2D eigenvalue weighted by molar-refractivity contribution is -0.120. The number of nitrogens with zero attached hydrogens (tertiary/aromatic N) is 2. The monoisotopic (exact) mass is 260 g/mol. The van der Waals surface area contributed by atoms with Gasteiger partial charge < -0.3 is 10.0 Å². The van der Waals surface area contributed by atoms with E-state index in [1.165, 1.54) is 11.0 Å². The minimum atomic E-state index is -4.24. The summed E-state index contributed by atoms with van der Waals surface area (Å²) in [5.74, 6) is 0.305. The fraction of sp³-hybridized carbons (Fsp3) is 0.583. The highest BCUT2D eigenvalue weighted by atomic mass is 19.4. The van der Waals surface area contributed by atoms with E-state index in [4.69, 9.17) is 5.11 Å². The zero-order valence-electron chi connectivity index (χ0n) is 10.0. The molecule has 0 amide bonds. The third-order valence-corrected chi connectivity index (χ3v) is 2.81. The Labute approximate surface area is 103 Å². The number of hydrogen-bond acceptors (Lipinski definition) is 3. The number of hydrogen-bond donors (Lipinski definition) is 1. The lowest BCUT2D eigenvalue weighted by atomic mass is 10.2. The maximum Gasteiger partial charge on any atom is 0.405 e. The first-order chi connectivity index (χ1) is 8.39. The third-order valence-electron chi connectivity index (χ3n) is 2.81. The van der Waals surface area contributed by atoms with Gasteiger partial charge in [0.1, 0.15) is 12.4 Å². The Bertz CT molecular complexity index is 430. The van der Waals surface area contributed by atoms with E-state index in [9.17, 15) is 13.2 Å². The van der Waals surface area contributed by atoms with Crippen LogP contribution >= 0.6 is 0 Å². The van der Waals surface area contributed by atoms with Gasteiger partial charge in [0.25, 0.3) is 0 Å². The zero-order valence-corrected chi connectivity index (χ0v) is 10.0. The van der Waals surface area contributed by atoms with Gasteiger partial charge in [0.05, 0.1) is 6.61 Å². The van der Waals surface area contributed by atoms with Crippen molar-refractivity contribution < 1.29 is 18.3 Å². The first-order valence-corrected chi connectivity index (χ1v) is 5.81. The number of anilines is 1. The van der Waals surface area contributed by atoms with Crippen LogP contribution in [-0.2, 0) is 6.61 Å².